The quantitative estimate of drug-likeness (QED) is 0.744. The first-order valence-electron chi connectivity index (χ1n) is 6.11. The minimum atomic E-state index is -0.216. The summed E-state index contributed by atoms with van der Waals surface area (Å²) < 4.78 is 4.70. The van der Waals surface area contributed by atoms with E-state index in [1.807, 2.05) is 30.0 Å². The Morgan fingerprint density at radius 2 is 2.17 bits per heavy atom. The maximum atomic E-state index is 11.3. The van der Waals surface area contributed by atoms with E-state index in [0.29, 0.717) is 13.1 Å². The molecule has 0 heterocycles. The molecule has 3 nitrogen and oxygen atoms in total. The lowest BCUT2D eigenvalue weighted by molar-refractivity contribution is -0.142. The van der Waals surface area contributed by atoms with Crippen molar-refractivity contribution >= 4 is 17.6 Å². The molecule has 0 spiro atoms. The van der Waals surface area contributed by atoms with E-state index in [-0.39, 0.29) is 5.97 Å². The first-order chi connectivity index (χ1) is 8.56. The fraction of sp³-hybridized carbons (Fsp3) is 0.500. The molecule has 0 amide bonds. The van der Waals surface area contributed by atoms with Gasteiger partial charge >= 0.3 is 5.97 Å². The highest BCUT2D eigenvalue weighted by atomic mass is 35.5. The molecule has 0 radical (unpaired) electrons. The Morgan fingerprint density at radius 3 is 2.72 bits per heavy atom. The highest BCUT2D eigenvalue weighted by molar-refractivity contribution is 6.31. The molecular weight excluding hydrogens is 250 g/mol. The third-order valence-corrected chi connectivity index (χ3v) is 3.07. The third kappa shape index (κ3) is 4.67. The fourth-order valence-electron chi connectivity index (χ4n) is 1.80. The van der Waals surface area contributed by atoms with Crippen molar-refractivity contribution in [2.24, 2.45) is 0 Å². The van der Waals surface area contributed by atoms with Gasteiger partial charge in [0.25, 0.3) is 0 Å². The zero-order chi connectivity index (χ0) is 13.5. The van der Waals surface area contributed by atoms with Crippen LogP contribution in [0.3, 0.4) is 0 Å². The molecule has 0 unspecified atom stereocenters. The highest BCUT2D eigenvalue weighted by Crippen LogP contribution is 2.19. The van der Waals surface area contributed by atoms with Crippen LogP contribution in [0.1, 0.15) is 24.5 Å². The van der Waals surface area contributed by atoms with Crippen LogP contribution < -0.4 is 0 Å². The van der Waals surface area contributed by atoms with E-state index in [1.165, 1.54) is 7.11 Å². The van der Waals surface area contributed by atoms with Gasteiger partial charge in [0.2, 0.25) is 0 Å². The molecule has 1 rings (SSSR count). The van der Waals surface area contributed by atoms with Gasteiger partial charge in [-0.05, 0) is 37.1 Å². The van der Waals surface area contributed by atoms with E-state index in [1.54, 1.807) is 0 Å². The third-order valence-electron chi connectivity index (χ3n) is 2.72. The molecule has 0 fully saturated rings. The lowest BCUT2D eigenvalue weighted by Crippen LogP contribution is -2.31. The van der Waals surface area contributed by atoms with E-state index in [2.05, 4.69) is 6.92 Å². The second-order valence-corrected chi connectivity index (χ2v) is 4.79. The lowest BCUT2D eigenvalue weighted by Gasteiger charge is -2.21. The van der Waals surface area contributed by atoms with E-state index < -0.39 is 0 Å². The average Bonchev–Trinajstić information content (AvgIpc) is 2.32. The van der Waals surface area contributed by atoms with Gasteiger partial charge < -0.3 is 4.74 Å². The first kappa shape index (κ1) is 15.0. The predicted octanol–water partition coefficient (Wildman–Crippen LogP) is 3.03. The summed E-state index contributed by atoms with van der Waals surface area (Å²) in [4.78, 5) is 13.4. The molecule has 0 aliphatic carbocycles. The monoisotopic (exact) mass is 269 g/mol. The van der Waals surface area contributed by atoms with Crippen LogP contribution in [0.25, 0.3) is 0 Å². The number of esters is 1. The minimum Gasteiger partial charge on any atom is -0.468 e. The molecule has 0 aliphatic heterocycles. The molecule has 1 aromatic carbocycles. The van der Waals surface area contributed by atoms with Crippen LogP contribution in [0.2, 0.25) is 5.02 Å². The number of rotatable bonds is 6. The minimum absolute atomic E-state index is 0.216. The van der Waals surface area contributed by atoms with E-state index in [0.717, 1.165) is 29.1 Å². The summed E-state index contributed by atoms with van der Waals surface area (Å²) in [6, 6.07) is 5.99. The standard InChI is InChI=1S/C14H20ClNO2/c1-4-7-16(10-14(17)18-3)9-12-6-5-11(2)8-13(12)15/h5-6,8H,4,7,9-10H2,1-3H3. The van der Waals surface area contributed by atoms with Gasteiger partial charge in [0, 0.05) is 11.6 Å². The molecule has 100 valence electrons. The summed E-state index contributed by atoms with van der Waals surface area (Å²) in [5.41, 5.74) is 2.18. The van der Waals surface area contributed by atoms with Crippen LogP contribution in [0.5, 0.6) is 0 Å². The molecule has 0 saturated heterocycles. The summed E-state index contributed by atoms with van der Waals surface area (Å²) >= 11 is 6.20. The maximum absolute atomic E-state index is 11.3. The maximum Gasteiger partial charge on any atom is 0.319 e. The summed E-state index contributed by atoms with van der Waals surface area (Å²) in [7, 11) is 1.41. The van der Waals surface area contributed by atoms with Crippen LogP contribution in [-0.2, 0) is 16.1 Å². The lowest BCUT2D eigenvalue weighted by atomic mass is 10.1. The second-order valence-electron chi connectivity index (χ2n) is 4.38. The van der Waals surface area contributed by atoms with Crippen molar-refractivity contribution in [1.82, 2.24) is 4.90 Å². The zero-order valence-corrected chi connectivity index (χ0v) is 12.0. The van der Waals surface area contributed by atoms with Gasteiger partial charge in [0.1, 0.15) is 0 Å². The number of methoxy groups -OCH3 is 1. The van der Waals surface area contributed by atoms with Crippen molar-refractivity contribution in [2.45, 2.75) is 26.8 Å². The van der Waals surface area contributed by atoms with Crippen molar-refractivity contribution in [1.29, 1.82) is 0 Å². The van der Waals surface area contributed by atoms with Crippen molar-refractivity contribution in [3.8, 4) is 0 Å². The highest BCUT2D eigenvalue weighted by Gasteiger charge is 2.12. The number of halogens is 1. The number of carbonyl (C=O) groups is 1. The number of aryl methyl sites for hydroxylation is 1. The number of ether oxygens (including phenoxy) is 1. The van der Waals surface area contributed by atoms with Crippen LogP contribution in [0.15, 0.2) is 18.2 Å². The first-order valence-corrected chi connectivity index (χ1v) is 6.48. The normalized spacial score (nSPS) is 10.7. The van der Waals surface area contributed by atoms with E-state index in [9.17, 15) is 4.79 Å². The Hall–Kier alpha value is -1.06. The topological polar surface area (TPSA) is 29.5 Å². The van der Waals surface area contributed by atoms with Crippen LogP contribution >= 0.6 is 11.6 Å². The fourth-order valence-corrected chi connectivity index (χ4v) is 2.09. The van der Waals surface area contributed by atoms with Crippen LogP contribution in [0.4, 0.5) is 0 Å². The smallest absolute Gasteiger partial charge is 0.319 e. The Bertz CT molecular complexity index is 407. The molecule has 0 bridgehead atoms. The summed E-state index contributed by atoms with van der Waals surface area (Å²) in [6.45, 7) is 5.91. The molecule has 18 heavy (non-hydrogen) atoms. The Kier molecular flexibility index (Phi) is 6.16. The molecule has 0 aliphatic rings. The molecule has 0 atom stereocenters. The summed E-state index contributed by atoms with van der Waals surface area (Å²) in [5, 5.41) is 0.751. The van der Waals surface area contributed by atoms with E-state index >= 15 is 0 Å². The molecule has 1 aromatic rings. The summed E-state index contributed by atoms with van der Waals surface area (Å²) in [5.74, 6) is -0.216. The van der Waals surface area contributed by atoms with Gasteiger partial charge in [-0.25, -0.2) is 0 Å². The van der Waals surface area contributed by atoms with Gasteiger partial charge in [-0.2, -0.15) is 0 Å². The van der Waals surface area contributed by atoms with Crippen molar-refractivity contribution < 1.29 is 9.53 Å². The van der Waals surface area contributed by atoms with Gasteiger partial charge in [-0.3, -0.25) is 9.69 Å². The number of benzene rings is 1. The SMILES string of the molecule is CCCN(CC(=O)OC)Cc1ccc(C)cc1Cl. The Morgan fingerprint density at radius 1 is 1.44 bits per heavy atom. The van der Waals surface area contributed by atoms with Crippen LogP contribution in [-0.4, -0.2) is 31.1 Å². The number of hydrogen-bond acceptors (Lipinski definition) is 3. The molecule has 4 heteroatoms. The second kappa shape index (κ2) is 7.39. The van der Waals surface area contributed by atoms with Crippen LogP contribution in [0, 0.1) is 6.92 Å². The van der Waals surface area contributed by atoms with Crippen molar-refractivity contribution in [3.05, 3.63) is 34.3 Å². The summed E-state index contributed by atoms with van der Waals surface area (Å²) in [6.07, 6.45) is 0.987. The van der Waals surface area contributed by atoms with Gasteiger partial charge in [0.15, 0.2) is 0 Å². The average molecular weight is 270 g/mol. The van der Waals surface area contributed by atoms with Crippen molar-refractivity contribution in [3.63, 3.8) is 0 Å². The Balaban J connectivity index is 2.72. The van der Waals surface area contributed by atoms with Crippen molar-refractivity contribution in [2.75, 3.05) is 20.2 Å². The molecule has 0 N–H and O–H groups in total. The number of carbonyl (C=O) groups excluding carboxylic acids is 1. The molecule has 0 saturated carbocycles. The van der Waals surface area contributed by atoms with E-state index in [4.69, 9.17) is 16.3 Å². The predicted molar refractivity (Wildman–Crippen MR) is 73.8 cm³/mol. The largest absolute Gasteiger partial charge is 0.468 e. The Labute approximate surface area is 114 Å². The van der Waals surface area contributed by atoms with Gasteiger partial charge in [-0.1, -0.05) is 30.7 Å². The molecular formula is C14H20ClNO2. The number of hydrogen-bond donors (Lipinski definition) is 0. The van der Waals surface area contributed by atoms with Gasteiger partial charge in [-0.15, -0.1) is 0 Å². The zero-order valence-electron chi connectivity index (χ0n) is 11.2. The molecule has 0 aromatic heterocycles. The van der Waals surface area contributed by atoms with Gasteiger partial charge in [0.05, 0.1) is 13.7 Å². The number of nitrogens with zero attached hydrogens (tertiary/aromatic N) is 1.